The number of likely N-dealkylation sites (N-methyl/N-ethyl adjacent to an activating group) is 1. The first-order valence-corrected chi connectivity index (χ1v) is 9.05. The number of carbonyl (C=O) groups excluding carboxylic acids is 1. The molecule has 140 valence electrons. The van der Waals surface area contributed by atoms with Crippen molar-refractivity contribution >= 4 is 33.6 Å². The quantitative estimate of drug-likeness (QED) is 0.563. The maximum atomic E-state index is 12.5. The minimum absolute atomic E-state index is 0.0990. The third kappa shape index (κ3) is 3.56. The molecule has 1 N–H and O–H groups in total. The number of hydrogen-bond acceptors (Lipinski definition) is 6. The molecule has 1 aliphatic rings. The molecular formula is C20H22N4O3. The van der Waals surface area contributed by atoms with Crippen molar-refractivity contribution < 1.29 is 9.21 Å². The van der Waals surface area contributed by atoms with E-state index >= 15 is 0 Å². The molecule has 1 amide bonds. The predicted molar refractivity (Wildman–Crippen MR) is 105 cm³/mol. The van der Waals surface area contributed by atoms with Crippen LogP contribution in [-0.2, 0) is 4.79 Å². The number of nitrogens with one attached hydrogen (secondary N) is 1. The summed E-state index contributed by atoms with van der Waals surface area (Å²) in [7, 11) is 2.08. The van der Waals surface area contributed by atoms with Gasteiger partial charge in [-0.3, -0.25) is 9.69 Å². The number of nitrogens with zero attached hydrogens (tertiary/aromatic N) is 3. The number of carbonyl (C=O) groups is 1. The van der Waals surface area contributed by atoms with E-state index in [0.717, 1.165) is 37.1 Å². The Morgan fingerprint density at radius 2 is 1.96 bits per heavy atom. The average molecular weight is 366 g/mol. The number of anilines is 1. The van der Waals surface area contributed by atoms with Gasteiger partial charge in [0.25, 0.3) is 0 Å². The molecule has 1 aliphatic heterocycles. The van der Waals surface area contributed by atoms with Crippen LogP contribution in [0.1, 0.15) is 5.56 Å². The minimum atomic E-state index is -0.413. The highest BCUT2D eigenvalue weighted by Crippen LogP contribution is 2.25. The Bertz CT molecular complexity index is 1070. The molecule has 0 spiro atoms. The Morgan fingerprint density at radius 1 is 1.22 bits per heavy atom. The molecular weight excluding hydrogens is 344 g/mol. The zero-order valence-corrected chi connectivity index (χ0v) is 15.5. The monoisotopic (exact) mass is 366 g/mol. The van der Waals surface area contributed by atoms with Crippen LogP contribution in [0.5, 0.6) is 0 Å². The summed E-state index contributed by atoms with van der Waals surface area (Å²) in [5, 5.41) is 4.08. The van der Waals surface area contributed by atoms with Gasteiger partial charge in [-0.05, 0) is 37.7 Å². The lowest BCUT2D eigenvalue weighted by molar-refractivity contribution is -0.117. The van der Waals surface area contributed by atoms with E-state index in [1.807, 2.05) is 25.1 Å². The van der Waals surface area contributed by atoms with Gasteiger partial charge in [0.1, 0.15) is 11.4 Å². The number of para-hydroxylation sites is 1. The normalized spacial score (nSPS) is 16.1. The maximum Gasteiger partial charge on any atom is 0.346 e. The largest absolute Gasteiger partial charge is 0.422 e. The molecule has 1 aromatic carbocycles. The Kier molecular flexibility index (Phi) is 4.63. The van der Waals surface area contributed by atoms with Crippen LogP contribution in [0.3, 0.4) is 0 Å². The molecule has 2 aromatic heterocycles. The van der Waals surface area contributed by atoms with Crippen LogP contribution in [0.4, 0.5) is 5.82 Å². The van der Waals surface area contributed by atoms with E-state index in [9.17, 15) is 9.59 Å². The van der Waals surface area contributed by atoms with E-state index in [-0.39, 0.29) is 5.91 Å². The molecule has 7 heteroatoms. The molecule has 7 nitrogen and oxygen atoms in total. The molecule has 3 aromatic rings. The highest BCUT2D eigenvalue weighted by Gasteiger charge is 2.18. The van der Waals surface area contributed by atoms with E-state index in [1.54, 1.807) is 12.1 Å². The molecule has 0 radical (unpaired) electrons. The van der Waals surface area contributed by atoms with E-state index in [0.29, 0.717) is 28.8 Å². The molecule has 4 rings (SSSR count). The van der Waals surface area contributed by atoms with Crippen LogP contribution < -0.4 is 10.9 Å². The Labute approximate surface area is 156 Å². The van der Waals surface area contributed by atoms with Crippen LogP contribution in [0, 0.1) is 6.92 Å². The Balaban J connectivity index is 1.63. The van der Waals surface area contributed by atoms with Crippen LogP contribution in [-0.4, -0.2) is 60.5 Å². The summed E-state index contributed by atoms with van der Waals surface area (Å²) in [5.74, 6) is 0.355. The molecule has 3 heterocycles. The van der Waals surface area contributed by atoms with Gasteiger partial charge in [0.2, 0.25) is 5.91 Å². The number of aromatic nitrogens is 1. The summed E-state index contributed by atoms with van der Waals surface area (Å²) in [5.41, 5.74) is 1.36. The lowest BCUT2D eigenvalue weighted by Gasteiger charge is -2.31. The van der Waals surface area contributed by atoms with Crippen molar-refractivity contribution in [2.24, 2.45) is 0 Å². The maximum absolute atomic E-state index is 12.5. The summed E-state index contributed by atoms with van der Waals surface area (Å²) in [6.45, 7) is 5.83. The number of benzene rings is 1. The van der Waals surface area contributed by atoms with Crippen molar-refractivity contribution in [2.75, 3.05) is 45.1 Å². The zero-order valence-electron chi connectivity index (χ0n) is 15.5. The van der Waals surface area contributed by atoms with Crippen molar-refractivity contribution in [2.45, 2.75) is 6.92 Å². The summed E-state index contributed by atoms with van der Waals surface area (Å²) < 4.78 is 5.39. The number of piperazine rings is 1. The molecule has 1 fully saturated rings. The summed E-state index contributed by atoms with van der Waals surface area (Å²) in [6, 6.07) is 9.01. The average Bonchev–Trinajstić information content (AvgIpc) is 2.63. The van der Waals surface area contributed by atoms with E-state index < -0.39 is 5.63 Å². The van der Waals surface area contributed by atoms with Gasteiger partial charge in [-0.2, -0.15) is 0 Å². The van der Waals surface area contributed by atoms with Crippen LogP contribution in [0.2, 0.25) is 0 Å². The zero-order chi connectivity index (χ0) is 19.0. The van der Waals surface area contributed by atoms with Gasteiger partial charge in [0, 0.05) is 31.6 Å². The highest BCUT2D eigenvalue weighted by atomic mass is 16.4. The fourth-order valence-electron chi connectivity index (χ4n) is 3.48. The molecule has 0 unspecified atom stereocenters. The Morgan fingerprint density at radius 3 is 2.74 bits per heavy atom. The number of amides is 1. The van der Waals surface area contributed by atoms with Gasteiger partial charge in [-0.15, -0.1) is 0 Å². The van der Waals surface area contributed by atoms with Gasteiger partial charge in [-0.1, -0.05) is 12.1 Å². The first-order valence-electron chi connectivity index (χ1n) is 9.05. The van der Waals surface area contributed by atoms with Crippen molar-refractivity contribution in [3.05, 3.63) is 46.3 Å². The molecule has 0 saturated carbocycles. The molecule has 0 bridgehead atoms. The minimum Gasteiger partial charge on any atom is -0.422 e. The van der Waals surface area contributed by atoms with Crippen molar-refractivity contribution in [1.82, 2.24) is 14.8 Å². The number of pyridine rings is 1. The summed E-state index contributed by atoms with van der Waals surface area (Å²) >= 11 is 0. The third-order valence-electron chi connectivity index (χ3n) is 5.00. The van der Waals surface area contributed by atoms with E-state index in [2.05, 4.69) is 27.1 Å². The molecule has 1 saturated heterocycles. The number of fused-ring (bicyclic) bond motifs is 3. The van der Waals surface area contributed by atoms with E-state index in [4.69, 9.17) is 4.42 Å². The Hall–Kier alpha value is -2.77. The lowest BCUT2D eigenvalue weighted by Crippen LogP contribution is -2.47. The number of aryl methyl sites for hydroxylation is 1. The first-order chi connectivity index (χ1) is 13.0. The smallest absolute Gasteiger partial charge is 0.346 e. The molecule has 0 atom stereocenters. The van der Waals surface area contributed by atoms with Crippen LogP contribution in [0.25, 0.3) is 21.9 Å². The summed E-state index contributed by atoms with van der Waals surface area (Å²) in [6.07, 6.45) is 0. The number of hydrogen-bond donors (Lipinski definition) is 1. The summed E-state index contributed by atoms with van der Waals surface area (Å²) in [4.78, 5) is 33.7. The van der Waals surface area contributed by atoms with Crippen molar-refractivity contribution in [3.8, 4) is 0 Å². The SMILES string of the molecule is Cc1cc(NC(=O)CN2CCN(C)CC2)nc2c1c(=O)oc1ccccc12. The van der Waals surface area contributed by atoms with Gasteiger partial charge in [0.05, 0.1) is 17.4 Å². The lowest BCUT2D eigenvalue weighted by atomic mass is 10.1. The van der Waals surface area contributed by atoms with E-state index in [1.165, 1.54) is 0 Å². The van der Waals surface area contributed by atoms with Gasteiger partial charge < -0.3 is 14.6 Å². The van der Waals surface area contributed by atoms with Crippen molar-refractivity contribution in [3.63, 3.8) is 0 Å². The third-order valence-corrected chi connectivity index (χ3v) is 5.00. The topological polar surface area (TPSA) is 78.7 Å². The molecule has 0 aliphatic carbocycles. The second kappa shape index (κ2) is 7.09. The fourth-order valence-corrected chi connectivity index (χ4v) is 3.48. The van der Waals surface area contributed by atoms with Gasteiger partial charge in [0.15, 0.2) is 0 Å². The van der Waals surface area contributed by atoms with Crippen LogP contribution >= 0.6 is 0 Å². The van der Waals surface area contributed by atoms with Gasteiger partial charge >= 0.3 is 5.63 Å². The predicted octanol–water partition coefficient (Wildman–Crippen LogP) is 1.84. The molecule has 27 heavy (non-hydrogen) atoms. The van der Waals surface area contributed by atoms with Crippen molar-refractivity contribution in [1.29, 1.82) is 0 Å². The second-order valence-electron chi connectivity index (χ2n) is 7.06. The standard InChI is InChI=1S/C20H22N4O3/c1-13-11-16(21-17(25)12-24-9-7-23(2)8-10-24)22-19-14-5-3-4-6-15(14)27-20(26)18(13)19/h3-6,11H,7-10,12H2,1-2H3,(H,21,22,25). The number of rotatable bonds is 3. The second-order valence-corrected chi connectivity index (χ2v) is 7.06. The van der Waals surface area contributed by atoms with Crippen LogP contribution in [0.15, 0.2) is 39.5 Å². The first kappa shape index (κ1) is 17.6. The highest BCUT2D eigenvalue weighted by molar-refractivity contribution is 6.04. The fraction of sp³-hybridized carbons (Fsp3) is 0.350. The van der Waals surface area contributed by atoms with Gasteiger partial charge in [-0.25, -0.2) is 9.78 Å².